The van der Waals surface area contributed by atoms with Crippen LogP contribution in [0.15, 0.2) is 33.6 Å². The Balaban J connectivity index is 2.12. The molecule has 1 amide bonds. The maximum absolute atomic E-state index is 14.7. The molecular formula is C18H17BrFNO5S. The zero-order valence-corrected chi connectivity index (χ0v) is 16.7. The van der Waals surface area contributed by atoms with Gasteiger partial charge in [0.2, 0.25) is 0 Å². The van der Waals surface area contributed by atoms with Crippen LogP contribution in [-0.2, 0) is 15.6 Å². The van der Waals surface area contributed by atoms with E-state index < -0.39 is 44.4 Å². The van der Waals surface area contributed by atoms with Crippen molar-refractivity contribution in [1.29, 1.82) is 0 Å². The number of carbonyl (C=O) groups is 1. The lowest BCUT2D eigenvalue weighted by Crippen LogP contribution is -2.21. The number of nitrogens with one attached hydrogen (secondary N) is 1. The maximum Gasteiger partial charge on any atom is 0.257 e. The molecule has 3 rings (SSSR count). The van der Waals surface area contributed by atoms with Gasteiger partial charge in [0.1, 0.15) is 27.8 Å². The molecule has 144 valence electrons. The van der Waals surface area contributed by atoms with Crippen LogP contribution in [-0.4, -0.2) is 31.6 Å². The highest BCUT2D eigenvalue weighted by molar-refractivity contribution is 9.10. The summed E-state index contributed by atoms with van der Waals surface area (Å²) in [5.74, 6) is -3.61. The molecule has 0 aliphatic heterocycles. The Labute approximate surface area is 164 Å². The summed E-state index contributed by atoms with van der Waals surface area (Å²) >= 11 is 3.15. The molecule has 3 N–H and O–H groups in total. The molecule has 0 heterocycles. The summed E-state index contributed by atoms with van der Waals surface area (Å²) in [5.41, 5.74) is -0.433. The van der Waals surface area contributed by atoms with Gasteiger partial charge in [0.05, 0.1) is 5.75 Å². The fourth-order valence-electron chi connectivity index (χ4n) is 2.88. The second-order valence-electron chi connectivity index (χ2n) is 6.39. The highest BCUT2D eigenvalue weighted by Crippen LogP contribution is 2.44. The monoisotopic (exact) mass is 457 g/mol. The standard InChI is InChI=1S/C18H17BrFNO5S/c1-21-18(24)15-16(20)12(9-2-3-9)6-10(17(15)23)8-27(25,26)14-7-11(19)4-5-13(14)22/h4-7,9,22-23H,2-3,8H2,1H3,(H,21,24). The van der Waals surface area contributed by atoms with Crippen molar-refractivity contribution in [3.63, 3.8) is 0 Å². The third-order valence-electron chi connectivity index (χ3n) is 4.42. The van der Waals surface area contributed by atoms with E-state index in [0.717, 1.165) is 12.8 Å². The Hall–Kier alpha value is -2.13. The summed E-state index contributed by atoms with van der Waals surface area (Å²) in [7, 11) is -2.77. The van der Waals surface area contributed by atoms with Crippen molar-refractivity contribution in [2.75, 3.05) is 7.05 Å². The Morgan fingerprint density at radius 2 is 1.96 bits per heavy atom. The van der Waals surface area contributed by atoms with E-state index in [1.54, 1.807) is 0 Å². The number of amides is 1. The minimum Gasteiger partial charge on any atom is -0.507 e. The van der Waals surface area contributed by atoms with Crippen molar-refractivity contribution >= 4 is 31.7 Å². The van der Waals surface area contributed by atoms with Crippen molar-refractivity contribution in [1.82, 2.24) is 5.32 Å². The Morgan fingerprint density at radius 3 is 2.56 bits per heavy atom. The van der Waals surface area contributed by atoms with Crippen LogP contribution in [0.1, 0.15) is 40.2 Å². The number of benzene rings is 2. The molecule has 0 spiro atoms. The molecule has 2 aromatic rings. The van der Waals surface area contributed by atoms with E-state index in [1.807, 2.05) is 0 Å². The molecule has 1 aliphatic carbocycles. The number of phenolic OH excluding ortho intramolecular Hbond substituents is 2. The van der Waals surface area contributed by atoms with E-state index in [9.17, 15) is 27.8 Å². The second-order valence-corrected chi connectivity index (χ2v) is 9.26. The minimum atomic E-state index is -4.07. The summed E-state index contributed by atoms with van der Waals surface area (Å²) in [6.45, 7) is 0. The van der Waals surface area contributed by atoms with E-state index in [1.165, 1.54) is 31.3 Å². The van der Waals surface area contributed by atoms with Gasteiger partial charge in [-0.3, -0.25) is 4.79 Å². The summed E-state index contributed by atoms with van der Waals surface area (Å²) in [5, 5.41) is 22.6. The van der Waals surface area contributed by atoms with Gasteiger partial charge in [-0.2, -0.15) is 0 Å². The maximum atomic E-state index is 14.7. The van der Waals surface area contributed by atoms with Crippen molar-refractivity contribution in [2.45, 2.75) is 29.4 Å². The molecule has 0 aromatic heterocycles. The Morgan fingerprint density at radius 1 is 1.30 bits per heavy atom. The van der Waals surface area contributed by atoms with E-state index in [0.29, 0.717) is 4.47 Å². The zero-order chi connectivity index (χ0) is 19.9. The van der Waals surface area contributed by atoms with Crippen LogP contribution in [0.25, 0.3) is 0 Å². The first-order chi connectivity index (χ1) is 12.7. The fraction of sp³-hybridized carbons (Fsp3) is 0.278. The van der Waals surface area contributed by atoms with Gasteiger partial charge in [-0.25, -0.2) is 12.8 Å². The first-order valence-corrected chi connectivity index (χ1v) is 10.6. The van der Waals surface area contributed by atoms with Crippen molar-refractivity contribution in [2.24, 2.45) is 0 Å². The quantitative estimate of drug-likeness (QED) is 0.639. The van der Waals surface area contributed by atoms with Gasteiger partial charge in [0.15, 0.2) is 9.84 Å². The van der Waals surface area contributed by atoms with Crippen molar-refractivity contribution < 1.29 is 27.8 Å². The molecule has 0 atom stereocenters. The molecule has 0 unspecified atom stereocenters. The lowest BCUT2D eigenvalue weighted by molar-refractivity contribution is 0.0955. The van der Waals surface area contributed by atoms with Gasteiger partial charge >= 0.3 is 0 Å². The number of carbonyl (C=O) groups excluding carboxylic acids is 1. The topological polar surface area (TPSA) is 104 Å². The smallest absolute Gasteiger partial charge is 0.257 e. The lowest BCUT2D eigenvalue weighted by Gasteiger charge is -2.15. The third kappa shape index (κ3) is 3.79. The number of hydrogen-bond acceptors (Lipinski definition) is 5. The molecule has 1 saturated carbocycles. The number of sulfone groups is 1. The van der Waals surface area contributed by atoms with Crippen LogP contribution in [0.4, 0.5) is 4.39 Å². The van der Waals surface area contributed by atoms with E-state index in [2.05, 4.69) is 21.2 Å². The molecule has 0 radical (unpaired) electrons. The molecule has 6 nitrogen and oxygen atoms in total. The minimum absolute atomic E-state index is 0.0868. The highest BCUT2D eigenvalue weighted by atomic mass is 79.9. The zero-order valence-electron chi connectivity index (χ0n) is 14.3. The molecule has 0 bridgehead atoms. The van der Waals surface area contributed by atoms with Gasteiger partial charge < -0.3 is 15.5 Å². The fourth-order valence-corrected chi connectivity index (χ4v) is 4.87. The first-order valence-electron chi connectivity index (χ1n) is 8.13. The van der Waals surface area contributed by atoms with Crippen molar-refractivity contribution in [3.8, 4) is 11.5 Å². The Bertz CT molecular complexity index is 1030. The molecule has 1 fully saturated rings. The van der Waals surface area contributed by atoms with Gasteiger partial charge in [-0.05, 0) is 48.6 Å². The largest absolute Gasteiger partial charge is 0.507 e. The molecule has 0 saturated heterocycles. The SMILES string of the molecule is CNC(=O)c1c(O)c(CS(=O)(=O)c2cc(Br)ccc2O)cc(C2CC2)c1F. The van der Waals surface area contributed by atoms with Crippen LogP contribution >= 0.6 is 15.9 Å². The summed E-state index contributed by atoms with van der Waals surface area (Å²) in [6.07, 6.45) is 1.46. The van der Waals surface area contributed by atoms with Crippen LogP contribution in [0.3, 0.4) is 0 Å². The van der Waals surface area contributed by atoms with E-state index >= 15 is 0 Å². The average Bonchev–Trinajstić information content (AvgIpc) is 3.44. The van der Waals surface area contributed by atoms with Gasteiger partial charge in [-0.1, -0.05) is 15.9 Å². The molecule has 2 aromatic carbocycles. The number of rotatable bonds is 5. The highest BCUT2D eigenvalue weighted by Gasteiger charge is 2.33. The van der Waals surface area contributed by atoms with Gasteiger partial charge in [0, 0.05) is 17.1 Å². The summed E-state index contributed by atoms with van der Waals surface area (Å²) in [4.78, 5) is 11.7. The predicted octanol–water partition coefficient (Wildman–Crippen LogP) is 3.21. The van der Waals surface area contributed by atoms with Gasteiger partial charge in [0.25, 0.3) is 5.91 Å². The van der Waals surface area contributed by atoms with Gasteiger partial charge in [-0.15, -0.1) is 0 Å². The van der Waals surface area contributed by atoms with Crippen LogP contribution < -0.4 is 5.32 Å². The molecule has 27 heavy (non-hydrogen) atoms. The number of halogens is 2. The first kappa shape index (κ1) is 19.6. The number of phenols is 2. The molecular weight excluding hydrogens is 441 g/mol. The second kappa shape index (κ2) is 7.12. The summed E-state index contributed by atoms with van der Waals surface area (Å²) in [6, 6.07) is 5.25. The van der Waals surface area contributed by atoms with Crippen LogP contribution in [0, 0.1) is 5.82 Å². The molecule has 9 heteroatoms. The van der Waals surface area contributed by atoms with Crippen LogP contribution in [0.5, 0.6) is 11.5 Å². The molecule has 1 aliphatic rings. The predicted molar refractivity (Wildman–Crippen MR) is 100 cm³/mol. The van der Waals surface area contributed by atoms with Crippen LogP contribution in [0.2, 0.25) is 0 Å². The number of hydrogen-bond donors (Lipinski definition) is 3. The number of aromatic hydroxyl groups is 2. The summed E-state index contributed by atoms with van der Waals surface area (Å²) < 4.78 is 40.7. The average molecular weight is 458 g/mol. The van der Waals surface area contributed by atoms with Crippen molar-refractivity contribution in [3.05, 3.63) is 51.2 Å². The third-order valence-corrected chi connectivity index (χ3v) is 6.60. The normalized spacial score (nSPS) is 14.2. The van der Waals surface area contributed by atoms with E-state index in [4.69, 9.17) is 0 Å². The Kier molecular flexibility index (Phi) is 5.18. The van der Waals surface area contributed by atoms with E-state index in [-0.39, 0.29) is 21.9 Å². The lowest BCUT2D eigenvalue weighted by atomic mass is 10.00.